The minimum atomic E-state index is 0.0460. The molecule has 2 heterocycles. The molecule has 15 heavy (non-hydrogen) atoms. The van der Waals surface area contributed by atoms with Crippen LogP contribution in [0, 0.1) is 0 Å². The Balaban J connectivity index is 2.20. The average molecular weight is 288 g/mol. The Labute approximate surface area is 99.6 Å². The van der Waals surface area contributed by atoms with Crippen molar-refractivity contribution in [3.05, 3.63) is 21.1 Å². The first-order valence-corrected chi connectivity index (χ1v) is 6.15. The van der Waals surface area contributed by atoms with Gasteiger partial charge in [0.1, 0.15) is 0 Å². The molecule has 2 N–H and O–H groups in total. The molecule has 0 saturated carbocycles. The predicted octanol–water partition coefficient (Wildman–Crippen LogP) is 2.45. The second-order valence-corrected chi connectivity index (χ2v) is 5.63. The quantitative estimate of drug-likeness (QED) is 0.942. The molecule has 0 radical (unpaired) electrons. The van der Waals surface area contributed by atoms with Gasteiger partial charge in [-0.3, -0.25) is 0 Å². The van der Waals surface area contributed by atoms with Gasteiger partial charge in [0.25, 0.3) is 5.89 Å². The third-order valence-electron chi connectivity index (χ3n) is 1.79. The minimum Gasteiger partial charge on any atom is -0.334 e. The van der Waals surface area contributed by atoms with E-state index in [1.54, 1.807) is 11.3 Å². The molecule has 6 heteroatoms. The van der Waals surface area contributed by atoms with Crippen LogP contribution in [0.25, 0.3) is 11.5 Å². The van der Waals surface area contributed by atoms with Gasteiger partial charge in [-0.2, -0.15) is 4.98 Å². The fraction of sp³-hybridized carbons (Fsp3) is 0.333. The number of hydrogen-bond donors (Lipinski definition) is 1. The van der Waals surface area contributed by atoms with Crippen LogP contribution in [0.2, 0.25) is 0 Å². The van der Waals surface area contributed by atoms with Gasteiger partial charge in [-0.1, -0.05) is 5.16 Å². The maximum absolute atomic E-state index is 5.65. The first-order valence-electron chi connectivity index (χ1n) is 4.47. The molecule has 80 valence electrons. The van der Waals surface area contributed by atoms with Crippen LogP contribution >= 0.6 is 27.3 Å². The van der Waals surface area contributed by atoms with Crippen LogP contribution in [-0.2, 0) is 6.42 Å². The number of hydrogen-bond acceptors (Lipinski definition) is 5. The number of nitrogens with two attached hydrogens (primary N) is 1. The topological polar surface area (TPSA) is 64.9 Å². The van der Waals surface area contributed by atoms with Crippen LogP contribution in [0.5, 0.6) is 0 Å². The van der Waals surface area contributed by atoms with Gasteiger partial charge in [0.05, 0.1) is 9.35 Å². The smallest absolute Gasteiger partial charge is 0.258 e. The monoisotopic (exact) mass is 287 g/mol. The van der Waals surface area contributed by atoms with E-state index >= 15 is 0 Å². The summed E-state index contributed by atoms with van der Waals surface area (Å²) in [5.74, 6) is 1.20. The largest absolute Gasteiger partial charge is 0.334 e. The zero-order valence-corrected chi connectivity index (χ0v) is 10.5. The SMILES string of the molecule is CC(N)Cc1noc(-c2csc(Br)c2)n1. The summed E-state index contributed by atoms with van der Waals surface area (Å²) in [6.45, 7) is 1.91. The molecule has 2 rings (SSSR count). The van der Waals surface area contributed by atoms with Gasteiger partial charge in [-0.15, -0.1) is 11.3 Å². The highest BCUT2D eigenvalue weighted by Crippen LogP contribution is 2.27. The Morgan fingerprint density at radius 2 is 2.47 bits per heavy atom. The summed E-state index contributed by atoms with van der Waals surface area (Å²) in [6, 6.07) is 2.00. The van der Waals surface area contributed by atoms with Gasteiger partial charge in [-0.05, 0) is 28.9 Å². The zero-order valence-electron chi connectivity index (χ0n) is 8.11. The van der Waals surface area contributed by atoms with Crippen molar-refractivity contribution in [1.29, 1.82) is 0 Å². The second-order valence-electron chi connectivity index (χ2n) is 3.34. The summed E-state index contributed by atoms with van der Waals surface area (Å²) < 4.78 is 6.18. The van der Waals surface area contributed by atoms with Gasteiger partial charge < -0.3 is 10.3 Å². The fourth-order valence-corrected chi connectivity index (χ4v) is 2.29. The van der Waals surface area contributed by atoms with Gasteiger partial charge in [0.2, 0.25) is 0 Å². The molecule has 0 bridgehead atoms. The summed E-state index contributed by atoms with van der Waals surface area (Å²) in [4.78, 5) is 4.26. The molecule has 2 aromatic heterocycles. The lowest BCUT2D eigenvalue weighted by atomic mass is 10.2. The minimum absolute atomic E-state index is 0.0460. The van der Waals surface area contributed by atoms with E-state index in [9.17, 15) is 0 Å². The maximum atomic E-state index is 5.65. The summed E-state index contributed by atoms with van der Waals surface area (Å²) >= 11 is 4.97. The van der Waals surface area contributed by atoms with Crippen LogP contribution in [0.3, 0.4) is 0 Å². The normalized spacial score (nSPS) is 13.0. The van der Waals surface area contributed by atoms with E-state index in [0.29, 0.717) is 18.1 Å². The summed E-state index contributed by atoms with van der Waals surface area (Å²) in [7, 11) is 0. The average Bonchev–Trinajstić information content (AvgIpc) is 2.72. The van der Waals surface area contributed by atoms with Crippen molar-refractivity contribution in [2.45, 2.75) is 19.4 Å². The van der Waals surface area contributed by atoms with Crippen molar-refractivity contribution in [2.75, 3.05) is 0 Å². The van der Waals surface area contributed by atoms with E-state index in [0.717, 1.165) is 9.35 Å². The lowest BCUT2D eigenvalue weighted by Crippen LogP contribution is -2.18. The van der Waals surface area contributed by atoms with Crippen molar-refractivity contribution in [1.82, 2.24) is 10.1 Å². The van der Waals surface area contributed by atoms with Crippen LogP contribution in [0.15, 0.2) is 19.8 Å². The maximum Gasteiger partial charge on any atom is 0.258 e. The van der Waals surface area contributed by atoms with Crippen LogP contribution in [-0.4, -0.2) is 16.2 Å². The van der Waals surface area contributed by atoms with E-state index in [2.05, 4.69) is 26.1 Å². The summed E-state index contributed by atoms with van der Waals surface area (Å²) in [5, 5.41) is 5.83. The Bertz CT molecular complexity index is 452. The highest BCUT2D eigenvalue weighted by molar-refractivity contribution is 9.11. The van der Waals surface area contributed by atoms with Crippen molar-refractivity contribution in [3.63, 3.8) is 0 Å². The van der Waals surface area contributed by atoms with Crippen molar-refractivity contribution >= 4 is 27.3 Å². The fourth-order valence-electron chi connectivity index (χ4n) is 1.16. The molecule has 0 saturated heterocycles. The lowest BCUT2D eigenvalue weighted by Gasteiger charge is -1.96. The number of thiophene rings is 1. The van der Waals surface area contributed by atoms with Gasteiger partial charge in [-0.25, -0.2) is 0 Å². The van der Waals surface area contributed by atoms with E-state index in [1.165, 1.54) is 0 Å². The molecule has 0 aliphatic heterocycles. The number of rotatable bonds is 3. The van der Waals surface area contributed by atoms with Crippen LogP contribution in [0.4, 0.5) is 0 Å². The standard InChI is InChI=1S/C9H10BrN3OS/c1-5(11)2-8-12-9(14-13-8)6-3-7(10)15-4-6/h3-5H,2,11H2,1H3. The van der Waals surface area contributed by atoms with E-state index in [1.807, 2.05) is 18.4 Å². The van der Waals surface area contributed by atoms with Crippen LogP contribution in [0.1, 0.15) is 12.7 Å². The Morgan fingerprint density at radius 3 is 3.07 bits per heavy atom. The molecule has 1 unspecified atom stereocenters. The molecule has 0 fully saturated rings. The Morgan fingerprint density at radius 1 is 1.67 bits per heavy atom. The molecule has 4 nitrogen and oxygen atoms in total. The predicted molar refractivity (Wildman–Crippen MR) is 62.7 cm³/mol. The first-order chi connectivity index (χ1) is 7.15. The molecule has 0 spiro atoms. The van der Waals surface area contributed by atoms with Crippen LogP contribution < -0.4 is 5.73 Å². The molecular formula is C9H10BrN3OS. The highest BCUT2D eigenvalue weighted by atomic mass is 79.9. The lowest BCUT2D eigenvalue weighted by molar-refractivity contribution is 0.420. The van der Waals surface area contributed by atoms with E-state index < -0.39 is 0 Å². The van der Waals surface area contributed by atoms with Crippen molar-refractivity contribution < 1.29 is 4.52 Å². The number of nitrogens with zero attached hydrogens (tertiary/aromatic N) is 2. The first kappa shape index (κ1) is 10.8. The summed E-state index contributed by atoms with van der Waals surface area (Å²) in [5.41, 5.74) is 6.59. The number of aromatic nitrogens is 2. The molecule has 1 atom stereocenters. The van der Waals surface area contributed by atoms with Crippen molar-refractivity contribution in [2.24, 2.45) is 5.73 Å². The number of halogens is 1. The highest BCUT2D eigenvalue weighted by Gasteiger charge is 2.11. The van der Waals surface area contributed by atoms with Gasteiger partial charge >= 0.3 is 0 Å². The molecule has 2 aromatic rings. The molecule has 0 amide bonds. The third kappa shape index (κ3) is 2.64. The van der Waals surface area contributed by atoms with E-state index in [4.69, 9.17) is 10.3 Å². The van der Waals surface area contributed by atoms with Gasteiger partial charge in [0, 0.05) is 17.8 Å². The molecule has 0 aromatic carbocycles. The Hall–Kier alpha value is -0.720. The molecule has 0 aliphatic carbocycles. The molecule has 0 aliphatic rings. The van der Waals surface area contributed by atoms with Crippen molar-refractivity contribution in [3.8, 4) is 11.5 Å². The van der Waals surface area contributed by atoms with Gasteiger partial charge in [0.15, 0.2) is 5.82 Å². The Kier molecular flexibility index (Phi) is 3.18. The second kappa shape index (κ2) is 4.42. The van der Waals surface area contributed by atoms with E-state index in [-0.39, 0.29) is 6.04 Å². The zero-order chi connectivity index (χ0) is 10.8. The third-order valence-corrected chi connectivity index (χ3v) is 3.29. The summed E-state index contributed by atoms with van der Waals surface area (Å²) in [6.07, 6.45) is 0.634. The molecular weight excluding hydrogens is 278 g/mol.